The summed E-state index contributed by atoms with van der Waals surface area (Å²) < 4.78 is 0. The van der Waals surface area contributed by atoms with Crippen molar-refractivity contribution < 1.29 is 4.79 Å². The van der Waals surface area contributed by atoms with E-state index in [9.17, 15) is 4.79 Å². The molecule has 2 aromatic rings. The Labute approximate surface area is 120 Å². The first kappa shape index (κ1) is 13.8. The zero-order valence-electron chi connectivity index (χ0n) is 10.6. The van der Waals surface area contributed by atoms with Gasteiger partial charge in [-0.1, -0.05) is 11.6 Å². The molecule has 19 heavy (non-hydrogen) atoms. The highest BCUT2D eigenvalue weighted by molar-refractivity contribution is 7.07. The number of carbonyl (C=O) groups is 1. The van der Waals surface area contributed by atoms with E-state index in [1.54, 1.807) is 30.5 Å². The largest absolute Gasteiger partial charge is 0.373 e. The molecule has 0 fully saturated rings. The highest BCUT2D eigenvalue weighted by Crippen LogP contribution is 2.18. The SMILES string of the molecule is CNc1cc(C(=O)NC(C)c2ccsc2)cc(Cl)n1. The van der Waals surface area contributed by atoms with Crippen molar-refractivity contribution >= 4 is 34.7 Å². The van der Waals surface area contributed by atoms with E-state index >= 15 is 0 Å². The lowest BCUT2D eigenvalue weighted by Gasteiger charge is -2.13. The number of thiophene rings is 1. The number of hydrogen-bond acceptors (Lipinski definition) is 4. The molecule has 6 heteroatoms. The zero-order chi connectivity index (χ0) is 13.8. The minimum absolute atomic E-state index is 0.0382. The van der Waals surface area contributed by atoms with E-state index in [0.717, 1.165) is 5.56 Å². The molecule has 0 saturated carbocycles. The molecule has 2 aromatic heterocycles. The highest BCUT2D eigenvalue weighted by Gasteiger charge is 2.13. The first-order chi connectivity index (χ1) is 9.10. The number of pyridine rings is 1. The molecule has 2 rings (SSSR count). The number of anilines is 1. The minimum Gasteiger partial charge on any atom is -0.373 e. The minimum atomic E-state index is -0.167. The van der Waals surface area contributed by atoms with Crippen LogP contribution in [0.3, 0.4) is 0 Å². The number of amides is 1. The van der Waals surface area contributed by atoms with Crippen LogP contribution >= 0.6 is 22.9 Å². The second kappa shape index (κ2) is 6.04. The number of halogens is 1. The third kappa shape index (κ3) is 3.45. The Morgan fingerprint density at radius 2 is 2.26 bits per heavy atom. The lowest BCUT2D eigenvalue weighted by Crippen LogP contribution is -2.26. The molecule has 0 bridgehead atoms. The van der Waals surface area contributed by atoms with Crippen LogP contribution in [0.5, 0.6) is 0 Å². The molecule has 0 radical (unpaired) electrons. The predicted octanol–water partition coefficient (Wildman–Crippen LogP) is 3.33. The first-order valence-electron chi connectivity index (χ1n) is 5.78. The lowest BCUT2D eigenvalue weighted by atomic mass is 10.1. The van der Waals surface area contributed by atoms with Crippen molar-refractivity contribution in [1.82, 2.24) is 10.3 Å². The average molecular weight is 296 g/mol. The van der Waals surface area contributed by atoms with Crippen LogP contribution in [0, 0.1) is 0 Å². The van der Waals surface area contributed by atoms with Gasteiger partial charge in [-0.2, -0.15) is 11.3 Å². The van der Waals surface area contributed by atoms with E-state index in [4.69, 9.17) is 11.6 Å². The standard InChI is InChI=1S/C13H14ClN3OS/c1-8(9-3-4-19-7-9)16-13(18)10-5-11(14)17-12(6-10)15-2/h3-8H,1-2H3,(H,15,17)(H,16,18). The molecule has 0 spiro atoms. The molecule has 0 aliphatic heterocycles. The summed E-state index contributed by atoms with van der Waals surface area (Å²) in [7, 11) is 1.73. The fraction of sp³-hybridized carbons (Fsp3) is 0.231. The maximum atomic E-state index is 12.1. The van der Waals surface area contributed by atoms with Crippen LogP contribution in [0.4, 0.5) is 5.82 Å². The molecule has 0 saturated heterocycles. The molecule has 0 aliphatic carbocycles. The fourth-order valence-electron chi connectivity index (χ4n) is 1.64. The topological polar surface area (TPSA) is 54.0 Å². The third-order valence-electron chi connectivity index (χ3n) is 2.70. The summed E-state index contributed by atoms with van der Waals surface area (Å²) in [4.78, 5) is 16.2. The zero-order valence-corrected chi connectivity index (χ0v) is 12.2. The average Bonchev–Trinajstić information content (AvgIpc) is 2.91. The van der Waals surface area contributed by atoms with E-state index in [1.807, 2.05) is 23.8 Å². The number of carbonyl (C=O) groups excluding carboxylic acids is 1. The maximum Gasteiger partial charge on any atom is 0.251 e. The summed E-state index contributed by atoms with van der Waals surface area (Å²) in [6.45, 7) is 1.95. The summed E-state index contributed by atoms with van der Waals surface area (Å²) in [5, 5.41) is 10.1. The van der Waals surface area contributed by atoms with E-state index in [0.29, 0.717) is 16.5 Å². The molecule has 0 aromatic carbocycles. The first-order valence-corrected chi connectivity index (χ1v) is 7.10. The van der Waals surface area contributed by atoms with E-state index in [-0.39, 0.29) is 11.9 Å². The van der Waals surface area contributed by atoms with Gasteiger partial charge < -0.3 is 10.6 Å². The van der Waals surface area contributed by atoms with Crippen LogP contribution in [-0.2, 0) is 0 Å². The van der Waals surface area contributed by atoms with E-state index in [1.165, 1.54) is 0 Å². The van der Waals surface area contributed by atoms with Gasteiger partial charge in [-0.15, -0.1) is 0 Å². The molecule has 1 unspecified atom stereocenters. The predicted molar refractivity (Wildman–Crippen MR) is 79.0 cm³/mol. The molecular formula is C13H14ClN3OS. The maximum absolute atomic E-state index is 12.1. The molecule has 2 heterocycles. The van der Waals surface area contributed by atoms with Crippen LogP contribution in [0.25, 0.3) is 0 Å². The molecular weight excluding hydrogens is 282 g/mol. The Kier molecular flexibility index (Phi) is 4.39. The highest BCUT2D eigenvalue weighted by atomic mass is 35.5. The second-order valence-corrected chi connectivity index (χ2v) is 5.23. The van der Waals surface area contributed by atoms with Crippen LogP contribution in [0.1, 0.15) is 28.9 Å². The van der Waals surface area contributed by atoms with Gasteiger partial charge in [-0.05, 0) is 41.4 Å². The van der Waals surface area contributed by atoms with Crippen molar-refractivity contribution in [3.63, 3.8) is 0 Å². The van der Waals surface area contributed by atoms with Crippen molar-refractivity contribution in [1.29, 1.82) is 0 Å². The van der Waals surface area contributed by atoms with Crippen LogP contribution in [0.2, 0.25) is 5.15 Å². The van der Waals surface area contributed by atoms with Gasteiger partial charge >= 0.3 is 0 Å². The molecule has 4 nitrogen and oxygen atoms in total. The van der Waals surface area contributed by atoms with Gasteiger partial charge in [0, 0.05) is 12.6 Å². The molecule has 0 aliphatic rings. The van der Waals surface area contributed by atoms with Crippen molar-refractivity contribution in [3.8, 4) is 0 Å². The second-order valence-electron chi connectivity index (χ2n) is 4.07. The normalized spacial score (nSPS) is 11.9. The molecule has 2 N–H and O–H groups in total. The van der Waals surface area contributed by atoms with Crippen LogP contribution in [0.15, 0.2) is 29.0 Å². The van der Waals surface area contributed by atoms with E-state index < -0.39 is 0 Å². The Morgan fingerprint density at radius 1 is 1.47 bits per heavy atom. The number of aromatic nitrogens is 1. The number of hydrogen-bond donors (Lipinski definition) is 2. The van der Waals surface area contributed by atoms with Crippen molar-refractivity contribution in [2.45, 2.75) is 13.0 Å². The molecule has 1 amide bonds. The summed E-state index contributed by atoms with van der Waals surface area (Å²) in [5.41, 5.74) is 1.58. The van der Waals surface area contributed by atoms with Crippen LogP contribution < -0.4 is 10.6 Å². The van der Waals surface area contributed by atoms with Crippen LogP contribution in [-0.4, -0.2) is 17.9 Å². The Morgan fingerprint density at radius 3 is 2.89 bits per heavy atom. The Hall–Kier alpha value is -1.59. The van der Waals surface area contributed by atoms with Gasteiger partial charge in [0.15, 0.2) is 0 Å². The quantitative estimate of drug-likeness (QED) is 0.851. The number of nitrogens with one attached hydrogen (secondary N) is 2. The van der Waals surface area contributed by atoms with Gasteiger partial charge in [0.05, 0.1) is 6.04 Å². The van der Waals surface area contributed by atoms with Gasteiger partial charge in [0.25, 0.3) is 5.91 Å². The van der Waals surface area contributed by atoms with Crippen molar-refractivity contribution in [2.24, 2.45) is 0 Å². The lowest BCUT2D eigenvalue weighted by molar-refractivity contribution is 0.0940. The molecule has 100 valence electrons. The third-order valence-corrected chi connectivity index (χ3v) is 3.60. The van der Waals surface area contributed by atoms with Gasteiger partial charge in [0.2, 0.25) is 0 Å². The number of nitrogens with zero attached hydrogens (tertiary/aromatic N) is 1. The monoisotopic (exact) mass is 295 g/mol. The Balaban J connectivity index is 2.13. The molecule has 1 atom stereocenters. The smallest absolute Gasteiger partial charge is 0.251 e. The van der Waals surface area contributed by atoms with Gasteiger partial charge in [0.1, 0.15) is 11.0 Å². The summed E-state index contributed by atoms with van der Waals surface area (Å²) in [6, 6.07) is 5.18. The van der Waals surface area contributed by atoms with Crippen molar-refractivity contribution in [3.05, 3.63) is 45.2 Å². The summed E-state index contributed by atoms with van der Waals surface area (Å²) >= 11 is 7.49. The Bertz CT molecular complexity index is 571. The van der Waals surface area contributed by atoms with Crippen molar-refractivity contribution in [2.75, 3.05) is 12.4 Å². The van der Waals surface area contributed by atoms with E-state index in [2.05, 4.69) is 15.6 Å². The fourth-order valence-corrected chi connectivity index (χ4v) is 2.60. The summed E-state index contributed by atoms with van der Waals surface area (Å²) in [5.74, 6) is 0.403. The summed E-state index contributed by atoms with van der Waals surface area (Å²) in [6.07, 6.45) is 0. The number of rotatable bonds is 4. The van der Waals surface area contributed by atoms with Gasteiger partial charge in [-0.25, -0.2) is 4.98 Å². The van der Waals surface area contributed by atoms with Gasteiger partial charge in [-0.3, -0.25) is 4.79 Å².